The van der Waals surface area contributed by atoms with Gasteiger partial charge in [0.1, 0.15) is 0 Å². The Morgan fingerprint density at radius 2 is 1.74 bits per heavy atom. The quantitative estimate of drug-likeness (QED) is 0.630. The molecule has 2 aliphatic carbocycles. The van der Waals surface area contributed by atoms with Crippen molar-refractivity contribution in [1.82, 2.24) is 9.97 Å². The minimum Gasteiger partial charge on any atom is -0.462 e. The third-order valence-electron chi connectivity index (χ3n) is 7.15. The lowest BCUT2D eigenvalue weighted by Gasteiger charge is -2.36. The highest BCUT2D eigenvalue weighted by atomic mass is 16.5. The number of hydrogen-bond acceptors (Lipinski definition) is 5. The van der Waals surface area contributed by atoms with Gasteiger partial charge in [0.25, 0.3) is 0 Å². The number of ether oxygens (including phenoxy) is 1. The molecule has 1 saturated carbocycles. The van der Waals surface area contributed by atoms with E-state index in [1.54, 1.807) is 31.2 Å². The number of nitrogens with zero attached hydrogens (tertiary/aromatic N) is 2. The molecule has 31 heavy (non-hydrogen) atoms. The van der Waals surface area contributed by atoms with Gasteiger partial charge in [-0.3, -0.25) is 4.79 Å². The lowest BCUT2D eigenvalue weighted by molar-refractivity contribution is -0.124. The molecule has 0 saturated heterocycles. The van der Waals surface area contributed by atoms with Gasteiger partial charge in [-0.15, -0.1) is 0 Å². The molecule has 5 rings (SSSR count). The van der Waals surface area contributed by atoms with Gasteiger partial charge in [-0.25, -0.2) is 14.8 Å². The maximum atomic E-state index is 13.8. The van der Waals surface area contributed by atoms with Gasteiger partial charge in [0.15, 0.2) is 0 Å². The van der Waals surface area contributed by atoms with E-state index < -0.39 is 5.41 Å². The molecule has 2 unspecified atom stereocenters. The number of nitrogens with one attached hydrogen (secondary N) is 1. The van der Waals surface area contributed by atoms with E-state index in [9.17, 15) is 9.59 Å². The van der Waals surface area contributed by atoms with E-state index in [2.05, 4.69) is 19.2 Å². The number of para-hydroxylation sites is 2. The first-order valence-corrected chi connectivity index (χ1v) is 10.7. The first kappa shape index (κ1) is 19.7. The van der Waals surface area contributed by atoms with E-state index in [1.807, 2.05) is 24.3 Å². The number of carbonyl (C=O) groups excluding carboxylic acids is 2. The predicted octanol–water partition coefficient (Wildman–Crippen LogP) is 4.60. The molecule has 6 heteroatoms. The second-order valence-corrected chi connectivity index (χ2v) is 8.92. The predicted molar refractivity (Wildman–Crippen MR) is 118 cm³/mol. The minimum atomic E-state index is -0.732. The summed E-state index contributed by atoms with van der Waals surface area (Å²) >= 11 is 0. The average Bonchev–Trinajstić information content (AvgIpc) is 3.14. The van der Waals surface area contributed by atoms with Gasteiger partial charge in [-0.1, -0.05) is 26.0 Å². The van der Waals surface area contributed by atoms with Crippen molar-refractivity contribution < 1.29 is 14.3 Å². The molecule has 1 aromatic heterocycles. The van der Waals surface area contributed by atoms with Gasteiger partial charge in [-0.05, 0) is 61.6 Å². The number of carbonyl (C=O) groups is 2. The molecule has 2 aromatic carbocycles. The molecule has 0 radical (unpaired) electrons. The molecule has 2 aliphatic rings. The minimum absolute atomic E-state index is 0.0628. The lowest BCUT2D eigenvalue weighted by atomic mass is 9.67. The smallest absolute Gasteiger partial charge is 0.338 e. The monoisotopic (exact) mass is 415 g/mol. The standard InChI is InChI=1S/C25H25N3O3/c1-4-31-22(29)15-9-11-16(12-10-15)26-23(30)25-14-13-17(24(25,2)3)20-21(25)28-19-8-6-5-7-18(19)27-20/h5-12,17H,4,13-14H2,1-3H3,(H,26,30). The third kappa shape index (κ3) is 2.70. The Bertz CT molecular complexity index is 1200. The zero-order valence-corrected chi connectivity index (χ0v) is 17.9. The fourth-order valence-corrected chi connectivity index (χ4v) is 5.47. The normalized spacial score (nSPS) is 22.9. The highest BCUT2D eigenvalue weighted by molar-refractivity contribution is 6.02. The summed E-state index contributed by atoms with van der Waals surface area (Å²) in [5, 5.41) is 3.09. The molecule has 2 atom stereocenters. The first-order valence-electron chi connectivity index (χ1n) is 10.7. The van der Waals surface area contributed by atoms with Crippen molar-refractivity contribution in [2.24, 2.45) is 5.41 Å². The number of amides is 1. The molecule has 158 valence electrons. The first-order chi connectivity index (χ1) is 14.9. The average molecular weight is 415 g/mol. The zero-order chi connectivity index (χ0) is 21.8. The molecule has 1 heterocycles. The van der Waals surface area contributed by atoms with Crippen molar-refractivity contribution in [3.05, 3.63) is 65.5 Å². The highest BCUT2D eigenvalue weighted by Gasteiger charge is 2.67. The fourth-order valence-electron chi connectivity index (χ4n) is 5.47. The maximum absolute atomic E-state index is 13.8. The summed E-state index contributed by atoms with van der Waals surface area (Å²) in [7, 11) is 0. The van der Waals surface area contributed by atoms with Crippen molar-refractivity contribution in [3.8, 4) is 0 Å². The summed E-state index contributed by atoms with van der Waals surface area (Å²) in [5.74, 6) is -0.227. The van der Waals surface area contributed by atoms with E-state index in [0.717, 1.165) is 35.3 Å². The number of fused-ring (bicyclic) bond motifs is 6. The lowest BCUT2D eigenvalue weighted by Crippen LogP contribution is -2.46. The summed E-state index contributed by atoms with van der Waals surface area (Å²) in [5.41, 5.74) is 3.55. The maximum Gasteiger partial charge on any atom is 0.338 e. The summed E-state index contributed by atoms with van der Waals surface area (Å²) < 4.78 is 5.03. The Hall–Kier alpha value is -3.28. The third-order valence-corrected chi connectivity index (χ3v) is 7.15. The highest BCUT2D eigenvalue weighted by Crippen LogP contribution is 2.67. The Kier molecular flexibility index (Phi) is 4.36. The molecule has 0 spiro atoms. The van der Waals surface area contributed by atoms with Crippen LogP contribution in [-0.4, -0.2) is 28.5 Å². The largest absolute Gasteiger partial charge is 0.462 e. The summed E-state index contributed by atoms with van der Waals surface area (Å²) in [6, 6.07) is 14.6. The van der Waals surface area contributed by atoms with Crippen molar-refractivity contribution in [1.29, 1.82) is 0 Å². The molecular weight excluding hydrogens is 390 g/mol. The number of aromatic nitrogens is 2. The van der Waals surface area contributed by atoms with Crippen molar-refractivity contribution in [3.63, 3.8) is 0 Å². The Morgan fingerprint density at radius 1 is 1.06 bits per heavy atom. The van der Waals surface area contributed by atoms with Gasteiger partial charge in [0.2, 0.25) is 5.91 Å². The molecule has 6 nitrogen and oxygen atoms in total. The fraction of sp³-hybridized carbons (Fsp3) is 0.360. The van der Waals surface area contributed by atoms with Gasteiger partial charge >= 0.3 is 5.97 Å². The second-order valence-electron chi connectivity index (χ2n) is 8.92. The number of rotatable bonds is 4. The summed E-state index contributed by atoms with van der Waals surface area (Å²) in [6.45, 7) is 6.41. The SMILES string of the molecule is CCOC(=O)c1ccc(NC(=O)C23CCC(c4nc5ccccc5nc42)C3(C)C)cc1. The van der Waals surface area contributed by atoms with Gasteiger partial charge in [-0.2, -0.15) is 0 Å². The van der Waals surface area contributed by atoms with Crippen LogP contribution < -0.4 is 5.32 Å². The Labute approximate surface area is 181 Å². The van der Waals surface area contributed by atoms with Crippen LogP contribution in [-0.2, 0) is 14.9 Å². The van der Waals surface area contributed by atoms with E-state index in [1.165, 1.54) is 0 Å². The van der Waals surface area contributed by atoms with Crippen LogP contribution in [0, 0.1) is 5.41 Å². The van der Waals surface area contributed by atoms with Crippen LogP contribution in [0.2, 0.25) is 0 Å². The Balaban J connectivity index is 1.51. The number of benzene rings is 2. The van der Waals surface area contributed by atoms with Crippen LogP contribution in [0.5, 0.6) is 0 Å². The van der Waals surface area contributed by atoms with Crippen LogP contribution >= 0.6 is 0 Å². The number of esters is 1. The topological polar surface area (TPSA) is 81.2 Å². The summed E-state index contributed by atoms with van der Waals surface area (Å²) in [4.78, 5) is 35.5. The summed E-state index contributed by atoms with van der Waals surface area (Å²) in [6.07, 6.45) is 1.67. The second kappa shape index (κ2) is 6.87. The molecular formula is C25H25N3O3. The number of anilines is 1. The van der Waals surface area contributed by atoms with E-state index >= 15 is 0 Å². The van der Waals surface area contributed by atoms with Crippen molar-refractivity contribution in [2.45, 2.75) is 44.9 Å². The van der Waals surface area contributed by atoms with Crippen LogP contribution in [0.15, 0.2) is 48.5 Å². The molecule has 3 aromatic rings. The van der Waals surface area contributed by atoms with Crippen LogP contribution in [0.25, 0.3) is 11.0 Å². The molecule has 1 N–H and O–H groups in total. The molecule has 0 aliphatic heterocycles. The molecule has 2 bridgehead atoms. The molecule has 1 amide bonds. The Morgan fingerprint density at radius 3 is 2.42 bits per heavy atom. The van der Waals surface area contributed by atoms with Gasteiger partial charge in [0.05, 0.1) is 40.0 Å². The van der Waals surface area contributed by atoms with E-state index in [0.29, 0.717) is 17.9 Å². The number of hydrogen-bond donors (Lipinski definition) is 1. The van der Waals surface area contributed by atoms with Crippen LogP contribution in [0.3, 0.4) is 0 Å². The van der Waals surface area contributed by atoms with E-state index in [-0.39, 0.29) is 23.2 Å². The van der Waals surface area contributed by atoms with Gasteiger partial charge in [0, 0.05) is 11.6 Å². The van der Waals surface area contributed by atoms with Crippen LogP contribution in [0.4, 0.5) is 5.69 Å². The van der Waals surface area contributed by atoms with E-state index in [4.69, 9.17) is 14.7 Å². The zero-order valence-electron chi connectivity index (χ0n) is 17.9. The van der Waals surface area contributed by atoms with Gasteiger partial charge < -0.3 is 10.1 Å². The van der Waals surface area contributed by atoms with Crippen molar-refractivity contribution >= 4 is 28.6 Å². The van der Waals surface area contributed by atoms with Crippen molar-refractivity contribution in [2.75, 3.05) is 11.9 Å². The van der Waals surface area contributed by atoms with Crippen LogP contribution in [0.1, 0.15) is 61.3 Å². The molecule has 1 fully saturated rings.